The average molecular weight is 354 g/mol. The molecule has 1 aliphatic rings. The van der Waals surface area contributed by atoms with Crippen molar-refractivity contribution in [3.8, 4) is 23.0 Å². The minimum Gasteiger partial charge on any atom is -0.490 e. The third kappa shape index (κ3) is 4.17. The van der Waals surface area contributed by atoms with Gasteiger partial charge in [-0.25, -0.2) is 0 Å². The number of benzene rings is 2. The fraction of sp³-hybridized carbons (Fsp3) is 0.286. The molecule has 2 aromatic carbocycles. The molecule has 0 unspecified atom stereocenters. The highest BCUT2D eigenvalue weighted by molar-refractivity contribution is 6.07. The molecule has 0 fully saturated rings. The zero-order valence-corrected chi connectivity index (χ0v) is 15.0. The Bertz CT molecular complexity index is 810. The molecule has 136 valence electrons. The summed E-state index contributed by atoms with van der Waals surface area (Å²) in [6.45, 7) is 5.98. The number of fused-ring (bicyclic) bond motifs is 1. The number of carbonyl (C=O) groups excluding carboxylic acids is 1. The van der Waals surface area contributed by atoms with Crippen molar-refractivity contribution < 1.29 is 23.7 Å². The number of rotatable bonds is 7. The van der Waals surface area contributed by atoms with E-state index in [0.29, 0.717) is 55.0 Å². The molecule has 1 heterocycles. The van der Waals surface area contributed by atoms with Crippen LogP contribution in [-0.2, 0) is 0 Å². The molecular weight excluding hydrogens is 332 g/mol. The lowest BCUT2D eigenvalue weighted by molar-refractivity contribution is 0.104. The number of hydrogen-bond donors (Lipinski definition) is 0. The molecule has 3 rings (SSSR count). The molecule has 0 saturated heterocycles. The average Bonchev–Trinajstić information content (AvgIpc) is 2.68. The fourth-order valence-corrected chi connectivity index (χ4v) is 2.64. The van der Waals surface area contributed by atoms with Crippen molar-refractivity contribution in [2.24, 2.45) is 0 Å². The van der Waals surface area contributed by atoms with Crippen LogP contribution in [0, 0.1) is 0 Å². The summed E-state index contributed by atoms with van der Waals surface area (Å²) in [6.07, 6.45) is 3.30. The van der Waals surface area contributed by atoms with Gasteiger partial charge >= 0.3 is 0 Å². The van der Waals surface area contributed by atoms with Crippen LogP contribution in [0.4, 0.5) is 0 Å². The molecule has 0 aliphatic carbocycles. The molecule has 1 aliphatic heterocycles. The lowest BCUT2D eigenvalue weighted by Gasteiger charge is -2.18. The van der Waals surface area contributed by atoms with Crippen molar-refractivity contribution in [2.75, 3.05) is 26.4 Å². The van der Waals surface area contributed by atoms with E-state index in [1.165, 1.54) is 6.08 Å². The summed E-state index contributed by atoms with van der Waals surface area (Å²) >= 11 is 0. The minimum absolute atomic E-state index is 0.103. The predicted octanol–water partition coefficient (Wildman–Crippen LogP) is 4.15. The Morgan fingerprint density at radius 3 is 2.46 bits per heavy atom. The van der Waals surface area contributed by atoms with Crippen LogP contribution in [-0.4, -0.2) is 32.2 Å². The lowest BCUT2D eigenvalue weighted by atomic mass is 10.1. The highest BCUT2D eigenvalue weighted by Gasteiger charge is 2.13. The van der Waals surface area contributed by atoms with E-state index in [1.54, 1.807) is 24.3 Å². The van der Waals surface area contributed by atoms with E-state index in [1.807, 2.05) is 32.0 Å². The number of carbonyl (C=O) groups is 1. The van der Waals surface area contributed by atoms with E-state index in [4.69, 9.17) is 18.9 Å². The first-order chi connectivity index (χ1) is 12.7. The van der Waals surface area contributed by atoms with Crippen molar-refractivity contribution in [1.29, 1.82) is 0 Å². The van der Waals surface area contributed by atoms with Gasteiger partial charge in [0.2, 0.25) is 0 Å². The summed E-state index contributed by atoms with van der Waals surface area (Å²) in [5, 5.41) is 0. The minimum atomic E-state index is -0.103. The first kappa shape index (κ1) is 17.9. The highest BCUT2D eigenvalue weighted by Crippen LogP contribution is 2.31. The van der Waals surface area contributed by atoms with E-state index >= 15 is 0 Å². The van der Waals surface area contributed by atoms with Crippen LogP contribution in [0.3, 0.4) is 0 Å². The Balaban J connectivity index is 1.76. The van der Waals surface area contributed by atoms with Crippen LogP contribution in [0.1, 0.15) is 29.8 Å². The number of hydrogen-bond acceptors (Lipinski definition) is 5. The molecule has 0 amide bonds. The topological polar surface area (TPSA) is 54.0 Å². The molecule has 0 spiro atoms. The van der Waals surface area contributed by atoms with E-state index in [-0.39, 0.29) is 5.78 Å². The molecule has 5 nitrogen and oxygen atoms in total. The molecular formula is C21H22O5. The van der Waals surface area contributed by atoms with Gasteiger partial charge in [0.05, 0.1) is 13.2 Å². The van der Waals surface area contributed by atoms with Crippen molar-refractivity contribution in [3.05, 3.63) is 53.6 Å². The predicted molar refractivity (Wildman–Crippen MR) is 99.6 cm³/mol. The van der Waals surface area contributed by atoms with Crippen molar-refractivity contribution in [3.63, 3.8) is 0 Å². The van der Waals surface area contributed by atoms with Crippen molar-refractivity contribution in [1.82, 2.24) is 0 Å². The maximum Gasteiger partial charge on any atom is 0.185 e. The summed E-state index contributed by atoms with van der Waals surface area (Å²) in [4.78, 5) is 12.4. The maximum absolute atomic E-state index is 12.4. The van der Waals surface area contributed by atoms with Crippen LogP contribution in [0.15, 0.2) is 42.5 Å². The fourth-order valence-electron chi connectivity index (χ4n) is 2.64. The number of ketones is 1. The molecule has 0 saturated carbocycles. The van der Waals surface area contributed by atoms with E-state index < -0.39 is 0 Å². The molecule has 0 radical (unpaired) electrons. The van der Waals surface area contributed by atoms with Gasteiger partial charge in [0.15, 0.2) is 28.8 Å². The Morgan fingerprint density at radius 2 is 1.69 bits per heavy atom. The molecule has 0 aromatic heterocycles. The number of ether oxygens (including phenoxy) is 4. The second-order valence-corrected chi connectivity index (χ2v) is 5.63. The van der Waals surface area contributed by atoms with Gasteiger partial charge in [-0.2, -0.15) is 0 Å². The Labute approximate surface area is 153 Å². The first-order valence-corrected chi connectivity index (χ1v) is 8.73. The zero-order chi connectivity index (χ0) is 18.4. The van der Waals surface area contributed by atoms with Gasteiger partial charge in [0, 0.05) is 5.56 Å². The third-order valence-electron chi connectivity index (χ3n) is 3.82. The van der Waals surface area contributed by atoms with Crippen LogP contribution in [0.25, 0.3) is 6.08 Å². The maximum atomic E-state index is 12.4. The second-order valence-electron chi connectivity index (χ2n) is 5.63. The van der Waals surface area contributed by atoms with Crippen LogP contribution >= 0.6 is 0 Å². The highest BCUT2D eigenvalue weighted by atomic mass is 16.6. The van der Waals surface area contributed by atoms with Gasteiger partial charge in [-0.05, 0) is 55.8 Å². The van der Waals surface area contributed by atoms with Gasteiger partial charge in [0.25, 0.3) is 0 Å². The molecule has 0 bridgehead atoms. The molecule has 0 N–H and O–H groups in total. The third-order valence-corrected chi connectivity index (χ3v) is 3.82. The smallest absolute Gasteiger partial charge is 0.185 e. The molecule has 2 aromatic rings. The van der Waals surface area contributed by atoms with Gasteiger partial charge in [0.1, 0.15) is 13.2 Å². The van der Waals surface area contributed by atoms with E-state index in [0.717, 1.165) is 5.56 Å². The van der Waals surface area contributed by atoms with E-state index in [2.05, 4.69) is 0 Å². The summed E-state index contributed by atoms with van der Waals surface area (Å²) < 4.78 is 22.2. The monoisotopic (exact) mass is 354 g/mol. The molecule has 0 atom stereocenters. The number of allylic oxidation sites excluding steroid dienone is 1. The standard InChI is InChI=1S/C21H22O5/c1-3-23-18-9-6-15(13-20(18)24-4-2)5-8-17(22)16-7-10-19-21(14-16)26-12-11-25-19/h5-10,13-14H,3-4,11-12H2,1-2H3. The zero-order valence-electron chi connectivity index (χ0n) is 15.0. The van der Waals surface area contributed by atoms with Crippen LogP contribution in [0.5, 0.6) is 23.0 Å². The second kappa shape index (κ2) is 8.43. The largest absolute Gasteiger partial charge is 0.490 e. The van der Waals surface area contributed by atoms with Gasteiger partial charge in [-0.3, -0.25) is 4.79 Å². The summed E-state index contributed by atoms with van der Waals surface area (Å²) in [5.41, 5.74) is 1.42. The van der Waals surface area contributed by atoms with Gasteiger partial charge < -0.3 is 18.9 Å². The van der Waals surface area contributed by atoms with Crippen molar-refractivity contribution in [2.45, 2.75) is 13.8 Å². The van der Waals surface area contributed by atoms with Gasteiger partial charge in [-0.1, -0.05) is 12.1 Å². The van der Waals surface area contributed by atoms with Crippen molar-refractivity contribution >= 4 is 11.9 Å². The quantitative estimate of drug-likeness (QED) is 0.552. The van der Waals surface area contributed by atoms with E-state index in [9.17, 15) is 4.79 Å². The summed E-state index contributed by atoms with van der Waals surface area (Å²) in [6, 6.07) is 10.8. The normalized spacial score (nSPS) is 12.8. The molecule has 26 heavy (non-hydrogen) atoms. The van der Waals surface area contributed by atoms with Crippen LogP contribution in [0.2, 0.25) is 0 Å². The van der Waals surface area contributed by atoms with Crippen LogP contribution < -0.4 is 18.9 Å². The Morgan fingerprint density at radius 1 is 0.962 bits per heavy atom. The first-order valence-electron chi connectivity index (χ1n) is 8.73. The summed E-state index contributed by atoms with van der Waals surface area (Å²) in [5.74, 6) is 2.54. The Hall–Kier alpha value is -2.95. The lowest BCUT2D eigenvalue weighted by Crippen LogP contribution is -2.15. The summed E-state index contributed by atoms with van der Waals surface area (Å²) in [7, 11) is 0. The Kier molecular flexibility index (Phi) is 5.79. The molecule has 5 heteroatoms. The SMILES string of the molecule is CCOc1ccc(C=CC(=O)c2ccc3c(c2)OCCO3)cc1OCC. The van der Waals surface area contributed by atoms with Gasteiger partial charge in [-0.15, -0.1) is 0 Å².